The lowest BCUT2D eigenvalue weighted by Crippen LogP contribution is -2.20. The van der Waals surface area contributed by atoms with E-state index in [0.29, 0.717) is 29.1 Å². The smallest absolute Gasteiger partial charge is 0.362 e. The Morgan fingerprint density at radius 3 is 2.30 bits per heavy atom. The quantitative estimate of drug-likeness (QED) is 0.445. The number of halogens is 3. The molecule has 1 heterocycles. The van der Waals surface area contributed by atoms with E-state index in [2.05, 4.69) is 20.6 Å². The van der Waals surface area contributed by atoms with Crippen LogP contribution in [0.1, 0.15) is 29.3 Å². The van der Waals surface area contributed by atoms with Gasteiger partial charge in [0.25, 0.3) is 0 Å². The van der Waals surface area contributed by atoms with Gasteiger partial charge in [-0.1, -0.05) is 25.1 Å². The molecule has 0 saturated carbocycles. The number of urea groups is 1. The monoisotopic (exact) mass is 456 g/mol. The number of anilines is 3. The fourth-order valence-electron chi connectivity index (χ4n) is 3.21. The maximum absolute atomic E-state index is 12.8. The summed E-state index contributed by atoms with van der Waals surface area (Å²) >= 11 is 0. The zero-order valence-corrected chi connectivity index (χ0v) is 18.3. The Hall–Kier alpha value is -3.95. The van der Waals surface area contributed by atoms with E-state index in [0.717, 1.165) is 17.8 Å². The molecule has 0 atom stereocenters. The van der Waals surface area contributed by atoms with Gasteiger partial charge in [0, 0.05) is 31.0 Å². The number of benzene rings is 2. The molecule has 0 fully saturated rings. The van der Waals surface area contributed by atoms with Crippen molar-refractivity contribution in [3.05, 3.63) is 77.2 Å². The Bertz CT molecular complexity index is 1160. The number of amides is 2. The predicted octanol–water partition coefficient (Wildman–Crippen LogP) is 5.18. The summed E-state index contributed by atoms with van der Waals surface area (Å²) in [7, 11) is 3.68. The number of hydrogen-bond acceptors (Lipinski definition) is 5. The van der Waals surface area contributed by atoms with Crippen LogP contribution in [0, 0.1) is 5.41 Å². The highest BCUT2D eigenvalue weighted by Gasteiger charge is 2.30. The number of rotatable bonds is 6. The van der Waals surface area contributed by atoms with Crippen molar-refractivity contribution in [2.75, 3.05) is 29.6 Å². The number of aryl methyl sites for hydroxylation is 1. The van der Waals surface area contributed by atoms with E-state index in [9.17, 15) is 18.0 Å². The highest BCUT2D eigenvalue weighted by molar-refractivity contribution is 6.14. The highest BCUT2D eigenvalue weighted by Crippen LogP contribution is 2.30. The van der Waals surface area contributed by atoms with Crippen LogP contribution in [0.3, 0.4) is 0 Å². The van der Waals surface area contributed by atoms with Crippen molar-refractivity contribution in [2.45, 2.75) is 19.5 Å². The van der Waals surface area contributed by atoms with Gasteiger partial charge >= 0.3 is 12.2 Å². The van der Waals surface area contributed by atoms with Gasteiger partial charge in [0.05, 0.1) is 22.5 Å². The van der Waals surface area contributed by atoms with E-state index in [-0.39, 0.29) is 11.4 Å². The number of alkyl halides is 3. The molecule has 1 aromatic heterocycles. The van der Waals surface area contributed by atoms with Gasteiger partial charge in [0.1, 0.15) is 12.1 Å². The molecule has 3 rings (SSSR count). The van der Waals surface area contributed by atoms with E-state index in [4.69, 9.17) is 5.41 Å². The number of nitrogens with one attached hydrogen (secondary N) is 3. The minimum Gasteiger partial charge on any atom is -0.362 e. The van der Waals surface area contributed by atoms with Gasteiger partial charge in [0.15, 0.2) is 0 Å². The molecule has 0 spiro atoms. The van der Waals surface area contributed by atoms with Crippen LogP contribution in [-0.4, -0.2) is 35.8 Å². The number of carbonyl (C=O) groups excluding carboxylic acids is 1. The summed E-state index contributed by atoms with van der Waals surface area (Å²) in [6, 6.07) is 10.3. The fraction of sp³-hybridized carbons (Fsp3) is 0.217. The molecular weight excluding hydrogens is 433 g/mol. The zero-order valence-electron chi connectivity index (χ0n) is 18.3. The lowest BCUT2D eigenvalue weighted by molar-refractivity contribution is -0.137. The molecule has 0 unspecified atom stereocenters. The molecule has 172 valence electrons. The summed E-state index contributed by atoms with van der Waals surface area (Å²) in [5, 5.41) is 13.6. The predicted molar refractivity (Wildman–Crippen MR) is 122 cm³/mol. The third-order valence-electron chi connectivity index (χ3n) is 4.79. The highest BCUT2D eigenvalue weighted by atomic mass is 19.4. The summed E-state index contributed by atoms with van der Waals surface area (Å²) in [5.41, 5.74) is 1.82. The van der Waals surface area contributed by atoms with Gasteiger partial charge in [0.2, 0.25) is 0 Å². The first kappa shape index (κ1) is 23.7. The molecule has 0 aliphatic carbocycles. The van der Waals surface area contributed by atoms with Crippen molar-refractivity contribution >= 4 is 28.9 Å². The maximum atomic E-state index is 12.8. The lowest BCUT2D eigenvalue weighted by atomic mass is 9.99. The van der Waals surface area contributed by atoms with Crippen LogP contribution >= 0.6 is 0 Å². The molecule has 10 heteroatoms. The molecule has 0 saturated heterocycles. The standard InChI is InChI=1S/C23H23F3N6O/c1-4-18-19(21(32(2)3)29-13-28-18)20(27)14-8-10-16(11-9-14)30-22(33)31-17-7-5-6-15(12-17)23(24,25)26/h5-13,27H,4H2,1-3H3,(H2,30,31,33). The van der Waals surface area contributed by atoms with Crippen molar-refractivity contribution in [1.29, 1.82) is 5.41 Å². The Kier molecular flexibility index (Phi) is 6.95. The van der Waals surface area contributed by atoms with Crippen LogP contribution in [0.5, 0.6) is 0 Å². The van der Waals surface area contributed by atoms with Crippen LogP contribution in [-0.2, 0) is 12.6 Å². The molecule has 2 aromatic carbocycles. The molecule has 7 nitrogen and oxygen atoms in total. The van der Waals surface area contributed by atoms with Crippen LogP contribution < -0.4 is 15.5 Å². The van der Waals surface area contributed by atoms with Gasteiger partial charge in [-0.05, 0) is 36.8 Å². The second-order valence-corrected chi connectivity index (χ2v) is 7.38. The Balaban J connectivity index is 1.74. The van der Waals surface area contributed by atoms with Crippen molar-refractivity contribution in [2.24, 2.45) is 0 Å². The van der Waals surface area contributed by atoms with Gasteiger partial charge < -0.3 is 15.5 Å². The molecule has 0 bridgehead atoms. The first-order chi connectivity index (χ1) is 15.6. The number of nitrogens with zero attached hydrogens (tertiary/aromatic N) is 3. The zero-order chi connectivity index (χ0) is 24.2. The Morgan fingerprint density at radius 1 is 1.03 bits per heavy atom. The minimum absolute atomic E-state index is 0.0214. The van der Waals surface area contributed by atoms with Crippen molar-refractivity contribution in [3.8, 4) is 0 Å². The fourth-order valence-corrected chi connectivity index (χ4v) is 3.21. The first-order valence-electron chi connectivity index (χ1n) is 10.1. The van der Waals surface area contributed by atoms with Gasteiger partial charge in [-0.25, -0.2) is 14.8 Å². The van der Waals surface area contributed by atoms with Crippen LogP contribution in [0.4, 0.5) is 35.2 Å². The van der Waals surface area contributed by atoms with E-state index in [1.54, 1.807) is 24.3 Å². The number of hydrogen-bond donors (Lipinski definition) is 3. The van der Waals surface area contributed by atoms with E-state index < -0.39 is 17.8 Å². The van der Waals surface area contributed by atoms with E-state index >= 15 is 0 Å². The third-order valence-corrected chi connectivity index (χ3v) is 4.79. The van der Waals surface area contributed by atoms with E-state index in [1.807, 2.05) is 25.9 Å². The summed E-state index contributed by atoms with van der Waals surface area (Å²) in [5.74, 6) is 0.634. The Labute approximate surface area is 189 Å². The molecular formula is C23H23F3N6O. The van der Waals surface area contributed by atoms with Crippen molar-refractivity contribution in [3.63, 3.8) is 0 Å². The van der Waals surface area contributed by atoms with Crippen LogP contribution in [0.15, 0.2) is 54.9 Å². The molecule has 0 aliphatic heterocycles. The summed E-state index contributed by atoms with van der Waals surface area (Å²) < 4.78 is 38.5. The molecule has 0 aliphatic rings. The van der Waals surface area contributed by atoms with Crippen molar-refractivity contribution < 1.29 is 18.0 Å². The van der Waals surface area contributed by atoms with E-state index in [1.165, 1.54) is 18.5 Å². The molecule has 33 heavy (non-hydrogen) atoms. The number of aromatic nitrogens is 2. The van der Waals surface area contributed by atoms with Crippen LogP contribution in [0.25, 0.3) is 0 Å². The molecule has 0 radical (unpaired) electrons. The first-order valence-corrected chi connectivity index (χ1v) is 10.1. The number of carbonyl (C=O) groups is 1. The van der Waals surface area contributed by atoms with Crippen LogP contribution in [0.2, 0.25) is 0 Å². The second-order valence-electron chi connectivity index (χ2n) is 7.38. The Morgan fingerprint density at radius 2 is 1.70 bits per heavy atom. The molecule has 3 aromatic rings. The average Bonchev–Trinajstić information content (AvgIpc) is 2.78. The normalized spacial score (nSPS) is 11.1. The summed E-state index contributed by atoms with van der Waals surface area (Å²) in [6.07, 6.45) is -2.39. The summed E-state index contributed by atoms with van der Waals surface area (Å²) in [4.78, 5) is 22.6. The molecule has 2 amide bonds. The lowest BCUT2D eigenvalue weighted by Gasteiger charge is -2.19. The van der Waals surface area contributed by atoms with Gasteiger partial charge in [-0.3, -0.25) is 5.41 Å². The van der Waals surface area contributed by atoms with Gasteiger partial charge in [-0.2, -0.15) is 13.2 Å². The average molecular weight is 456 g/mol. The second kappa shape index (κ2) is 9.68. The largest absolute Gasteiger partial charge is 0.416 e. The van der Waals surface area contributed by atoms with Gasteiger partial charge in [-0.15, -0.1) is 0 Å². The summed E-state index contributed by atoms with van der Waals surface area (Å²) in [6.45, 7) is 1.95. The minimum atomic E-state index is -4.50. The molecule has 3 N–H and O–H groups in total. The maximum Gasteiger partial charge on any atom is 0.416 e. The van der Waals surface area contributed by atoms with Crippen molar-refractivity contribution in [1.82, 2.24) is 9.97 Å². The SMILES string of the molecule is CCc1ncnc(N(C)C)c1C(=N)c1ccc(NC(=O)Nc2cccc(C(F)(F)F)c2)cc1. The topological polar surface area (TPSA) is 94.0 Å². The third kappa shape index (κ3) is 5.65.